The van der Waals surface area contributed by atoms with Crippen LogP contribution in [-0.2, 0) is 19.3 Å². The van der Waals surface area contributed by atoms with Crippen LogP contribution < -0.4 is 16.0 Å². The molecular formula is C21H24N4O2. The Balaban J connectivity index is 1.53. The number of aromatic nitrogens is 3. The van der Waals surface area contributed by atoms with Gasteiger partial charge in [0, 0.05) is 35.6 Å². The molecule has 2 aromatic heterocycles. The Morgan fingerprint density at radius 1 is 1.11 bits per heavy atom. The van der Waals surface area contributed by atoms with Crippen LogP contribution in [0.5, 0.6) is 5.88 Å². The normalized spacial score (nSPS) is 10.7. The minimum Gasteiger partial charge on any atom is -0.478 e. The summed E-state index contributed by atoms with van der Waals surface area (Å²) in [5, 5.41) is 0. The Bertz CT molecular complexity index is 938. The Morgan fingerprint density at radius 2 is 1.93 bits per heavy atom. The van der Waals surface area contributed by atoms with E-state index in [1.165, 1.54) is 5.56 Å². The number of rotatable bonds is 8. The molecule has 0 amide bonds. The van der Waals surface area contributed by atoms with Gasteiger partial charge in [-0.1, -0.05) is 30.3 Å². The van der Waals surface area contributed by atoms with Gasteiger partial charge in [0.15, 0.2) is 0 Å². The summed E-state index contributed by atoms with van der Waals surface area (Å²) in [4.78, 5) is 24.0. The van der Waals surface area contributed by atoms with Crippen LogP contribution in [0.15, 0.2) is 53.5 Å². The van der Waals surface area contributed by atoms with Gasteiger partial charge >= 0.3 is 0 Å². The van der Waals surface area contributed by atoms with E-state index in [1.807, 2.05) is 25.1 Å². The van der Waals surface area contributed by atoms with Gasteiger partial charge in [0.1, 0.15) is 5.82 Å². The molecule has 2 heterocycles. The highest BCUT2D eigenvalue weighted by molar-refractivity contribution is 5.39. The second-order valence-electron chi connectivity index (χ2n) is 6.44. The highest BCUT2D eigenvalue weighted by Crippen LogP contribution is 2.11. The summed E-state index contributed by atoms with van der Waals surface area (Å²) in [6, 6.07) is 13.5. The number of nitrogens with two attached hydrogens (primary N) is 1. The molecule has 0 aliphatic carbocycles. The van der Waals surface area contributed by atoms with Crippen LogP contribution in [0.2, 0.25) is 0 Å². The molecule has 0 aliphatic heterocycles. The van der Waals surface area contributed by atoms with Crippen molar-refractivity contribution in [2.45, 2.75) is 32.6 Å². The fraction of sp³-hybridized carbons (Fsp3) is 0.286. The van der Waals surface area contributed by atoms with Gasteiger partial charge in [-0.05, 0) is 37.8 Å². The second-order valence-corrected chi connectivity index (χ2v) is 6.44. The lowest BCUT2D eigenvalue weighted by Crippen LogP contribution is -2.20. The summed E-state index contributed by atoms with van der Waals surface area (Å²) in [5.41, 5.74) is 9.02. The number of ether oxygens (including phenoxy) is 1. The Labute approximate surface area is 158 Å². The SMILES string of the molecule is Cc1nc(CCCOc2cc(N)ccn2)[nH]c(=O)c1CCc1ccccc1. The number of benzene rings is 1. The number of hydrogen-bond acceptors (Lipinski definition) is 5. The number of aromatic amines is 1. The molecule has 27 heavy (non-hydrogen) atoms. The molecule has 0 saturated carbocycles. The van der Waals surface area contributed by atoms with Crippen molar-refractivity contribution < 1.29 is 4.74 Å². The monoisotopic (exact) mass is 364 g/mol. The summed E-state index contributed by atoms with van der Waals surface area (Å²) in [6.07, 6.45) is 4.48. The van der Waals surface area contributed by atoms with Crippen molar-refractivity contribution in [2.24, 2.45) is 0 Å². The molecule has 140 valence electrons. The Hall–Kier alpha value is -3.15. The summed E-state index contributed by atoms with van der Waals surface area (Å²) >= 11 is 0. The zero-order valence-electron chi connectivity index (χ0n) is 15.4. The number of H-pyrrole nitrogens is 1. The molecule has 0 aliphatic rings. The van der Waals surface area contributed by atoms with Crippen LogP contribution in [0, 0.1) is 6.92 Å². The maximum Gasteiger partial charge on any atom is 0.254 e. The maximum absolute atomic E-state index is 12.4. The average molecular weight is 364 g/mol. The van der Waals surface area contributed by atoms with E-state index in [0.29, 0.717) is 36.8 Å². The molecule has 6 heteroatoms. The van der Waals surface area contributed by atoms with E-state index >= 15 is 0 Å². The fourth-order valence-corrected chi connectivity index (χ4v) is 2.92. The number of nitrogens with one attached hydrogen (secondary N) is 1. The van der Waals surface area contributed by atoms with Crippen LogP contribution in [0.4, 0.5) is 5.69 Å². The number of aryl methyl sites for hydroxylation is 3. The fourth-order valence-electron chi connectivity index (χ4n) is 2.92. The summed E-state index contributed by atoms with van der Waals surface area (Å²) in [6.45, 7) is 2.38. The molecule has 0 atom stereocenters. The predicted molar refractivity (Wildman–Crippen MR) is 106 cm³/mol. The van der Waals surface area contributed by atoms with Crippen molar-refractivity contribution in [2.75, 3.05) is 12.3 Å². The van der Waals surface area contributed by atoms with Crippen LogP contribution in [0.3, 0.4) is 0 Å². The lowest BCUT2D eigenvalue weighted by molar-refractivity contribution is 0.298. The quantitative estimate of drug-likeness (QED) is 0.600. The third-order valence-electron chi connectivity index (χ3n) is 4.34. The first-order chi connectivity index (χ1) is 13.1. The van der Waals surface area contributed by atoms with Crippen molar-refractivity contribution in [1.82, 2.24) is 15.0 Å². The van der Waals surface area contributed by atoms with Crippen LogP contribution in [0.1, 0.15) is 29.1 Å². The maximum atomic E-state index is 12.4. The van der Waals surface area contributed by atoms with Gasteiger partial charge in [0.2, 0.25) is 5.88 Å². The standard InChI is InChI=1S/C21H24N4O2/c1-15-18(10-9-16-6-3-2-4-7-16)21(26)25-19(24-15)8-5-13-27-20-14-17(22)11-12-23-20/h2-4,6-7,11-12,14H,5,8-10,13H2,1H3,(H2,22,23)(H,24,25,26). The van der Waals surface area contributed by atoms with Crippen LogP contribution >= 0.6 is 0 Å². The Morgan fingerprint density at radius 3 is 2.67 bits per heavy atom. The molecular weight excluding hydrogens is 340 g/mol. The lowest BCUT2D eigenvalue weighted by Gasteiger charge is -2.08. The molecule has 0 spiro atoms. The molecule has 3 rings (SSSR count). The molecule has 3 aromatic rings. The Kier molecular flexibility index (Phi) is 6.20. The third kappa shape index (κ3) is 5.41. The highest BCUT2D eigenvalue weighted by atomic mass is 16.5. The number of nitrogen functional groups attached to an aromatic ring is 1. The van der Waals surface area contributed by atoms with Crippen molar-refractivity contribution in [3.63, 3.8) is 0 Å². The molecule has 0 radical (unpaired) electrons. The van der Waals surface area contributed by atoms with E-state index in [-0.39, 0.29) is 5.56 Å². The molecule has 1 aromatic carbocycles. The molecule has 0 saturated heterocycles. The second kappa shape index (κ2) is 8.98. The third-order valence-corrected chi connectivity index (χ3v) is 4.34. The van der Waals surface area contributed by atoms with Gasteiger partial charge < -0.3 is 15.5 Å². The van der Waals surface area contributed by atoms with Crippen LogP contribution in [-0.4, -0.2) is 21.6 Å². The molecule has 0 bridgehead atoms. The smallest absolute Gasteiger partial charge is 0.254 e. The largest absolute Gasteiger partial charge is 0.478 e. The number of anilines is 1. The van der Waals surface area contributed by atoms with Crippen molar-refractivity contribution in [3.05, 3.63) is 81.7 Å². The van der Waals surface area contributed by atoms with Gasteiger partial charge in [-0.2, -0.15) is 0 Å². The summed E-state index contributed by atoms with van der Waals surface area (Å²) in [5.74, 6) is 1.19. The molecule has 0 unspecified atom stereocenters. The van der Waals surface area contributed by atoms with E-state index in [9.17, 15) is 4.79 Å². The van der Waals surface area contributed by atoms with E-state index < -0.39 is 0 Å². The first kappa shape index (κ1) is 18.6. The molecule has 3 N–H and O–H groups in total. The molecule has 0 fully saturated rings. The topological polar surface area (TPSA) is 93.9 Å². The zero-order valence-corrected chi connectivity index (χ0v) is 15.4. The lowest BCUT2D eigenvalue weighted by atomic mass is 10.0. The van der Waals surface area contributed by atoms with Crippen molar-refractivity contribution >= 4 is 5.69 Å². The zero-order chi connectivity index (χ0) is 19.1. The number of nitrogens with zero attached hydrogens (tertiary/aromatic N) is 2. The van der Waals surface area contributed by atoms with Crippen LogP contribution in [0.25, 0.3) is 0 Å². The number of pyridine rings is 1. The van der Waals surface area contributed by atoms with Gasteiger partial charge in [-0.15, -0.1) is 0 Å². The predicted octanol–water partition coefficient (Wildman–Crippen LogP) is 2.85. The van der Waals surface area contributed by atoms with Crippen molar-refractivity contribution in [3.8, 4) is 5.88 Å². The van der Waals surface area contributed by atoms with E-state index in [0.717, 1.165) is 24.1 Å². The minimum atomic E-state index is -0.0492. The van der Waals surface area contributed by atoms with Gasteiger partial charge in [-0.25, -0.2) is 9.97 Å². The summed E-state index contributed by atoms with van der Waals surface area (Å²) < 4.78 is 5.57. The van der Waals surface area contributed by atoms with E-state index in [2.05, 4.69) is 27.1 Å². The average Bonchev–Trinajstić information content (AvgIpc) is 2.65. The van der Waals surface area contributed by atoms with Crippen molar-refractivity contribution in [1.29, 1.82) is 0 Å². The van der Waals surface area contributed by atoms with Gasteiger partial charge in [0.05, 0.1) is 6.61 Å². The van der Waals surface area contributed by atoms with Gasteiger partial charge in [-0.3, -0.25) is 4.79 Å². The van der Waals surface area contributed by atoms with E-state index in [4.69, 9.17) is 10.5 Å². The highest BCUT2D eigenvalue weighted by Gasteiger charge is 2.09. The first-order valence-electron chi connectivity index (χ1n) is 9.09. The number of hydrogen-bond donors (Lipinski definition) is 2. The van der Waals surface area contributed by atoms with E-state index in [1.54, 1.807) is 18.3 Å². The summed E-state index contributed by atoms with van der Waals surface area (Å²) in [7, 11) is 0. The minimum absolute atomic E-state index is 0.0492. The molecule has 6 nitrogen and oxygen atoms in total. The first-order valence-corrected chi connectivity index (χ1v) is 9.09. The van der Waals surface area contributed by atoms with Gasteiger partial charge in [0.25, 0.3) is 5.56 Å².